The van der Waals surface area contributed by atoms with E-state index in [1.807, 2.05) is 89.6 Å². The van der Waals surface area contributed by atoms with E-state index in [0.717, 1.165) is 28.0 Å². The Hall–Kier alpha value is -4.12. The summed E-state index contributed by atoms with van der Waals surface area (Å²) in [5.74, 6) is 0.894. The SMILES string of the molecule is COc1ccc(-c2cn(Cc3ccccc3)c(C(=O)C=O)c2-c2ccc(OC)cc2)cc1. The summed E-state index contributed by atoms with van der Waals surface area (Å²) in [5, 5.41) is 0. The first kappa shape index (κ1) is 21.1. The van der Waals surface area contributed by atoms with Gasteiger partial charge in [-0.05, 0) is 41.0 Å². The average Bonchev–Trinajstić information content (AvgIpc) is 3.23. The smallest absolute Gasteiger partial charge is 0.242 e. The summed E-state index contributed by atoms with van der Waals surface area (Å²) in [5.41, 5.74) is 4.71. The van der Waals surface area contributed by atoms with Crippen LogP contribution in [0, 0.1) is 0 Å². The highest BCUT2D eigenvalue weighted by Crippen LogP contribution is 2.38. The number of nitrogens with zero attached hydrogens (tertiary/aromatic N) is 1. The Morgan fingerprint density at radius 2 is 1.38 bits per heavy atom. The fourth-order valence-electron chi connectivity index (χ4n) is 3.82. The number of carbonyl (C=O) groups is 2. The van der Waals surface area contributed by atoms with Gasteiger partial charge in [0, 0.05) is 23.9 Å². The van der Waals surface area contributed by atoms with E-state index in [9.17, 15) is 9.59 Å². The van der Waals surface area contributed by atoms with Crippen molar-refractivity contribution in [1.82, 2.24) is 4.57 Å². The first-order valence-electron chi connectivity index (χ1n) is 10.2. The van der Waals surface area contributed by atoms with Crippen LogP contribution in [-0.4, -0.2) is 30.9 Å². The first-order chi connectivity index (χ1) is 15.6. The van der Waals surface area contributed by atoms with Gasteiger partial charge in [0.2, 0.25) is 5.78 Å². The maximum atomic E-state index is 12.9. The molecule has 5 nitrogen and oxygen atoms in total. The molecule has 0 atom stereocenters. The van der Waals surface area contributed by atoms with Gasteiger partial charge in [0.1, 0.15) is 17.2 Å². The van der Waals surface area contributed by atoms with Crippen molar-refractivity contribution in [1.29, 1.82) is 0 Å². The van der Waals surface area contributed by atoms with E-state index in [1.165, 1.54) is 0 Å². The molecule has 0 aliphatic rings. The van der Waals surface area contributed by atoms with Gasteiger partial charge in [-0.15, -0.1) is 0 Å². The Bertz CT molecular complexity index is 1220. The van der Waals surface area contributed by atoms with Crippen molar-refractivity contribution >= 4 is 12.1 Å². The minimum Gasteiger partial charge on any atom is -0.497 e. The molecule has 32 heavy (non-hydrogen) atoms. The number of hydrogen-bond donors (Lipinski definition) is 0. The van der Waals surface area contributed by atoms with Gasteiger partial charge in [-0.2, -0.15) is 0 Å². The van der Waals surface area contributed by atoms with E-state index in [1.54, 1.807) is 14.2 Å². The Morgan fingerprint density at radius 1 is 0.812 bits per heavy atom. The second kappa shape index (κ2) is 9.35. The van der Waals surface area contributed by atoms with Crippen LogP contribution in [0.25, 0.3) is 22.3 Å². The second-order valence-electron chi connectivity index (χ2n) is 7.32. The first-order valence-corrected chi connectivity index (χ1v) is 10.2. The molecule has 4 rings (SSSR count). The molecule has 0 fully saturated rings. The van der Waals surface area contributed by atoms with Gasteiger partial charge in [0.05, 0.1) is 14.2 Å². The van der Waals surface area contributed by atoms with Crippen LogP contribution in [0.1, 0.15) is 16.1 Å². The van der Waals surface area contributed by atoms with Crippen LogP contribution in [0.15, 0.2) is 85.1 Å². The summed E-state index contributed by atoms with van der Waals surface area (Å²) < 4.78 is 12.4. The lowest BCUT2D eigenvalue weighted by molar-refractivity contribution is -0.104. The minimum absolute atomic E-state index is 0.361. The lowest BCUT2D eigenvalue weighted by Gasteiger charge is -2.10. The summed E-state index contributed by atoms with van der Waals surface area (Å²) in [6, 6.07) is 25.0. The van der Waals surface area contributed by atoms with Crippen molar-refractivity contribution in [3.05, 3.63) is 96.3 Å². The van der Waals surface area contributed by atoms with E-state index < -0.39 is 5.78 Å². The number of ketones is 1. The summed E-state index contributed by atoms with van der Waals surface area (Å²) in [6.07, 6.45) is 2.31. The van der Waals surface area contributed by atoms with Crippen LogP contribution < -0.4 is 9.47 Å². The lowest BCUT2D eigenvalue weighted by atomic mass is 9.95. The van der Waals surface area contributed by atoms with Gasteiger partial charge in [-0.3, -0.25) is 9.59 Å². The molecule has 160 valence electrons. The molecule has 0 amide bonds. The summed E-state index contributed by atoms with van der Waals surface area (Å²) >= 11 is 0. The number of aromatic nitrogens is 1. The van der Waals surface area contributed by atoms with Gasteiger partial charge in [-0.25, -0.2) is 0 Å². The monoisotopic (exact) mass is 425 g/mol. The molecule has 0 saturated carbocycles. The fraction of sp³-hybridized carbons (Fsp3) is 0.111. The quantitative estimate of drug-likeness (QED) is 0.219. The predicted molar refractivity (Wildman–Crippen MR) is 124 cm³/mol. The highest BCUT2D eigenvalue weighted by Gasteiger charge is 2.24. The van der Waals surface area contributed by atoms with Gasteiger partial charge >= 0.3 is 0 Å². The van der Waals surface area contributed by atoms with Crippen LogP contribution in [0.4, 0.5) is 0 Å². The highest BCUT2D eigenvalue weighted by molar-refractivity contribution is 6.35. The van der Waals surface area contributed by atoms with Crippen LogP contribution in [-0.2, 0) is 11.3 Å². The Morgan fingerprint density at radius 3 is 1.91 bits per heavy atom. The van der Waals surface area contributed by atoms with Crippen molar-refractivity contribution in [3.63, 3.8) is 0 Å². The number of Topliss-reactive ketones (excluding diaryl/α,β-unsaturated/α-hetero) is 1. The molecule has 0 N–H and O–H groups in total. The molecule has 3 aromatic carbocycles. The molecule has 0 saturated heterocycles. The zero-order valence-corrected chi connectivity index (χ0v) is 17.9. The third-order valence-corrected chi connectivity index (χ3v) is 5.39. The van der Waals surface area contributed by atoms with Crippen molar-refractivity contribution in [3.8, 4) is 33.8 Å². The Balaban J connectivity index is 1.95. The van der Waals surface area contributed by atoms with Gasteiger partial charge in [0.15, 0.2) is 6.29 Å². The molecular formula is C27H23NO4. The lowest BCUT2D eigenvalue weighted by Crippen LogP contribution is -2.11. The number of carbonyl (C=O) groups excluding carboxylic acids is 2. The van der Waals surface area contributed by atoms with Crippen LogP contribution in [0.5, 0.6) is 11.5 Å². The fourth-order valence-corrected chi connectivity index (χ4v) is 3.82. The third-order valence-electron chi connectivity index (χ3n) is 5.39. The number of aldehydes is 1. The topological polar surface area (TPSA) is 57.5 Å². The van der Waals surface area contributed by atoms with Crippen molar-refractivity contribution in [2.24, 2.45) is 0 Å². The molecule has 0 radical (unpaired) electrons. The third kappa shape index (κ3) is 4.18. The highest BCUT2D eigenvalue weighted by atomic mass is 16.5. The van der Waals surface area contributed by atoms with Crippen LogP contribution in [0.2, 0.25) is 0 Å². The average molecular weight is 425 g/mol. The predicted octanol–water partition coefficient (Wildman–Crippen LogP) is 5.27. The minimum atomic E-state index is -0.563. The number of benzene rings is 3. The molecule has 0 bridgehead atoms. The van der Waals surface area contributed by atoms with Crippen molar-refractivity contribution < 1.29 is 19.1 Å². The van der Waals surface area contributed by atoms with Crippen LogP contribution in [0.3, 0.4) is 0 Å². The van der Waals surface area contributed by atoms with E-state index in [-0.39, 0.29) is 0 Å². The molecule has 0 aliphatic heterocycles. The molecule has 0 aliphatic carbocycles. The zero-order chi connectivity index (χ0) is 22.5. The van der Waals surface area contributed by atoms with Crippen molar-refractivity contribution in [2.45, 2.75) is 6.54 Å². The molecule has 1 heterocycles. The Kier molecular flexibility index (Phi) is 6.17. The molecule has 4 aromatic rings. The summed E-state index contributed by atoms with van der Waals surface area (Å²) in [4.78, 5) is 24.5. The summed E-state index contributed by atoms with van der Waals surface area (Å²) in [6.45, 7) is 0.467. The van der Waals surface area contributed by atoms with E-state index in [2.05, 4.69) is 0 Å². The molecular weight excluding hydrogens is 402 g/mol. The molecule has 5 heteroatoms. The van der Waals surface area contributed by atoms with Crippen molar-refractivity contribution in [2.75, 3.05) is 14.2 Å². The zero-order valence-electron chi connectivity index (χ0n) is 17.9. The van der Waals surface area contributed by atoms with Crippen LogP contribution >= 0.6 is 0 Å². The van der Waals surface area contributed by atoms with Gasteiger partial charge < -0.3 is 14.0 Å². The maximum absolute atomic E-state index is 12.9. The van der Waals surface area contributed by atoms with Gasteiger partial charge in [0.25, 0.3) is 0 Å². The number of hydrogen-bond acceptors (Lipinski definition) is 4. The maximum Gasteiger partial charge on any atom is 0.242 e. The van der Waals surface area contributed by atoms with E-state index in [4.69, 9.17) is 9.47 Å². The standard InChI is InChI=1S/C27H23NO4/c1-31-22-12-8-20(9-13-22)24-17-28(16-19-6-4-3-5-7-19)27(25(30)18-29)26(24)21-10-14-23(32-2)15-11-21/h3-15,17-18H,16H2,1-2H3. The largest absolute Gasteiger partial charge is 0.497 e. The number of methoxy groups -OCH3 is 2. The summed E-state index contributed by atoms with van der Waals surface area (Å²) in [7, 11) is 3.23. The van der Waals surface area contributed by atoms with E-state index in [0.29, 0.717) is 29.8 Å². The van der Waals surface area contributed by atoms with E-state index >= 15 is 0 Å². The normalized spacial score (nSPS) is 10.6. The molecule has 0 spiro atoms. The Labute approximate surface area is 186 Å². The molecule has 0 unspecified atom stereocenters. The molecule has 1 aromatic heterocycles. The number of ether oxygens (including phenoxy) is 2. The second-order valence-corrected chi connectivity index (χ2v) is 7.32. The van der Waals surface area contributed by atoms with Gasteiger partial charge in [-0.1, -0.05) is 54.6 Å². The number of rotatable bonds is 8.